The number of benzene rings is 1. The van der Waals surface area contributed by atoms with Crippen LogP contribution in [0.3, 0.4) is 0 Å². The largest absolute Gasteiger partial charge is 0.444 e. The molecule has 9 heteroatoms. The maximum Gasteiger partial charge on any atom is 0.410 e. The molecule has 2 aliphatic heterocycles. The molecular weight excluding hydrogens is 444 g/mol. The summed E-state index contributed by atoms with van der Waals surface area (Å²) in [6.07, 6.45) is 5.14. The van der Waals surface area contributed by atoms with Gasteiger partial charge in [-0.05, 0) is 63.3 Å². The fourth-order valence-electron chi connectivity index (χ4n) is 4.64. The Morgan fingerprint density at radius 1 is 1.14 bits per heavy atom. The van der Waals surface area contributed by atoms with E-state index in [0.717, 1.165) is 47.2 Å². The molecule has 0 bridgehead atoms. The van der Waals surface area contributed by atoms with Crippen molar-refractivity contribution in [2.45, 2.75) is 39.2 Å². The van der Waals surface area contributed by atoms with Crippen LogP contribution in [0, 0.1) is 5.92 Å². The number of carbonyl (C=O) groups is 2. The number of anilines is 1. The molecule has 0 saturated carbocycles. The molecule has 2 fully saturated rings. The molecule has 0 atom stereocenters. The summed E-state index contributed by atoms with van der Waals surface area (Å²) in [7, 11) is 0. The molecular formula is C26H32N6O3. The molecule has 2 aromatic heterocycles. The Balaban J connectivity index is 1.19. The van der Waals surface area contributed by atoms with Crippen molar-refractivity contribution in [1.82, 2.24) is 25.0 Å². The zero-order chi connectivity index (χ0) is 24.6. The number of hydrogen-bond acceptors (Lipinski definition) is 5. The van der Waals surface area contributed by atoms with Gasteiger partial charge in [-0.3, -0.25) is 10.00 Å². The number of urea groups is 1. The van der Waals surface area contributed by atoms with Crippen LogP contribution in [0.15, 0.2) is 42.7 Å². The third-order valence-electron chi connectivity index (χ3n) is 6.51. The Hall–Kier alpha value is -3.62. The number of nitrogens with zero attached hydrogens (tertiary/aromatic N) is 5. The van der Waals surface area contributed by atoms with Crippen LogP contribution < -0.4 is 4.90 Å². The van der Waals surface area contributed by atoms with Gasteiger partial charge in [-0.25, -0.2) is 14.6 Å². The van der Waals surface area contributed by atoms with Gasteiger partial charge in [0, 0.05) is 55.6 Å². The zero-order valence-electron chi connectivity index (χ0n) is 20.5. The number of likely N-dealkylation sites (tertiary alicyclic amines) is 1. The molecule has 3 aromatic rings. The van der Waals surface area contributed by atoms with E-state index < -0.39 is 5.60 Å². The molecule has 1 aromatic carbocycles. The highest BCUT2D eigenvalue weighted by atomic mass is 16.6. The minimum Gasteiger partial charge on any atom is -0.444 e. The normalized spacial score (nSPS) is 17.1. The quantitative estimate of drug-likeness (QED) is 0.585. The summed E-state index contributed by atoms with van der Waals surface area (Å²) in [5, 5.41) is 7.87. The molecule has 0 aliphatic carbocycles. The van der Waals surface area contributed by atoms with Crippen molar-refractivity contribution in [1.29, 1.82) is 0 Å². The lowest BCUT2D eigenvalue weighted by Crippen LogP contribution is -2.54. The van der Waals surface area contributed by atoms with Crippen LogP contribution in [0.1, 0.15) is 33.6 Å². The van der Waals surface area contributed by atoms with Crippen LogP contribution in [-0.2, 0) is 4.74 Å². The summed E-state index contributed by atoms with van der Waals surface area (Å²) in [5.41, 5.74) is 3.17. The number of H-pyrrole nitrogens is 1. The van der Waals surface area contributed by atoms with Gasteiger partial charge in [-0.15, -0.1) is 0 Å². The number of pyridine rings is 1. The van der Waals surface area contributed by atoms with E-state index in [0.29, 0.717) is 32.1 Å². The number of aromatic amines is 1. The van der Waals surface area contributed by atoms with E-state index in [4.69, 9.17) is 4.74 Å². The van der Waals surface area contributed by atoms with Crippen LogP contribution in [-0.4, -0.2) is 75.4 Å². The van der Waals surface area contributed by atoms with Crippen molar-refractivity contribution < 1.29 is 14.3 Å². The molecule has 3 amide bonds. The summed E-state index contributed by atoms with van der Waals surface area (Å²) in [5.74, 6) is 0.402. The standard InChI is InChI=1S/C26H32N6O3/c1-26(2,3)35-25(34)31-16-18(17-31)8-11-30-9-5-10-32(24(30)33)22-7-4-6-19(13-22)20-12-21-15-28-29-23(21)27-14-20/h4,6-7,12-15,18H,5,8-11,16-17H2,1-3H3,(H,27,28,29). The lowest BCUT2D eigenvalue weighted by Gasteiger charge is -2.41. The van der Waals surface area contributed by atoms with Gasteiger partial charge < -0.3 is 14.5 Å². The number of carbonyl (C=O) groups excluding carboxylic acids is 2. The predicted molar refractivity (Wildman–Crippen MR) is 134 cm³/mol. The first-order valence-electron chi connectivity index (χ1n) is 12.2. The monoisotopic (exact) mass is 476 g/mol. The van der Waals surface area contributed by atoms with Crippen LogP contribution in [0.5, 0.6) is 0 Å². The fourth-order valence-corrected chi connectivity index (χ4v) is 4.64. The third kappa shape index (κ3) is 5.08. The van der Waals surface area contributed by atoms with E-state index >= 15 is 0 Å². The van der Waals surface area contributed by atoms with Crippen LogP contribution in [0.4, 0.5) is 15.3 Å². The number of amides is 3. The van der Waals surface area contributed by atoms with Gasteiger partial charge >= 0.3 is 12.1 Å². The first-order valence-corrected chi connectivity index (χ1v) is 12.2. The van der Waals surface area contributed by atoms with Crippen molar-refractivity contribution in [2.24, 2.45) is 5.92 Å². The van der Waals surface area contributed by atoms with Crippen LogP contribution in [0.25, 0.3) is 22.2 Å². The van der Waals surface area contributed by atoms with Gasteiger partial charge in [0.05, 0.1) is 6.20 Å². The SMILES string of the molecule is CC(C)(C)OC(=O)N1CC(CCN2CCCN(c3cccc(-c4cnc5[nH]ncc5c4)c3)C2=O)C1. The molecule has 0 unspecified atom stereocenters. The summed E-state index contributed by atoms with van der Waals surface area (Å²) in [6, 6.07) is 10.1. The molecule has 35 heavy (non-hydrogen) atoms. The number of hydrogen-bond donors (Lipinski definition) is 1. The summed E-state index contributed by atoms with van der Waals surface area (Å²) < 4.78 is 5.43. The van der Waals surface area contributed by atoms with Gasteiger partial charge in [0.25, 0.3) is 0 Å². The molecule has 9 nitrogen and oxygen atoms in total. The molecule has 5 rings (SSSR count). The fraction of sp³-hybridized carbons (Fsp3) is 0.462. The summed E-state index contributed by atoms with van der Waals surface area (Å²) >= 11 is 0. The van der Waals surface area contributed by atoms with Crippen molar-refractivity contribution in [3.05, 3.63) is 42.7 Å². The lowest BCUT2D eigenvalue weighted by atomic mass is 9.96. The lowest BCUT2D eigenvalue weighted by molar-refractivity contribution is -0.00305. The molecule has 184 valence electrons. The highest BCUT2D eigenvalue weighted by Gasteiger charge is 2.35. The Kier molecular flexibility index (Phi) is 6.08. The molecule has 0 radical (unpaired) electrons. The van der Waals surface area contributed by atoms with Crippen molar-refractivity contribution in [3.63, 3.8) is 0 Å². The van der Waals surface area contributed by atoms with E-state index in [1.807, 2.05) is 55.0 Å². The van der Waals surface area contributed by atoms with Crippen molar-refractivity contribution in [3.8, 4) is 11.1 Å². The Bertz CT molecular complexity index is 1230. The van der Waals surface area contributed by atoms with E-state index in [1.165, 1.54) is 0 Å². The summed E-state index contributed by atoms with van der Waals surface area (Å²) in [4.78, 5) is 35.4. The maximum absolute atomic E-state index is 13.3. The van der Waals surface area contributed by atoms with Crippen molar-refractivity contribution in [2.75, 3.05) is 37.6 Å². The van der Waals surface area contributed by atoms with E-state index in [9.17, 15) is 9.59 Å². The van der Waals surface area contributed by atoms with E-state index in [-0.39, 0.29) is 12.1 Å². The second-order valence-electron chi connectivity index (χ2n) is 10.4. The van der Waals surface area contributed by atoms with E-state index in [2.05, 4.69) is 27.3 Å². The minimum absolute atomic E-state index is 0.0418. The average molecular weight is 477 g/mol. The van der Waals surface area contributed by atoms with Gasteiger partial charge in [0.15, 0.2) is 5.65 Å². The average Bonchev–Trinajstić information content (AvgIpc) is 3.26. The first kappa shape index (κ1) is 23.1. The molecule has 2 aliphatic rings. The molecule has 0 spiro atoms. The number of nitrogens with one attached hydrogen (secondary N) is 1. The van der Waals surface area contributed by atoms with Gasteiger partial charge in [0.1, 0.15) is 5.60 Å². The number of rotatable bonds is 5. The molecule has 1 N–H and O–H groups in total. The highest BCUT2D eigenvalue weighted by molar-refractivity contribution is 5.93. The molecule has 4 heterocycles. The summed E-state index contributed by atoms with van der Waals surface area (Å²) in [6.45, 7) is 9.17. The second-order valence-corrected chi connectivity index (χ2v) is 10.4. The highest BCUT2D eigenvalue weighted by Crippen LogP contribution is 2.29. The second kappa shape index (κ2) is 9.20. The minimum atomic E-state index is -0.480. The van der Waals surface area contributed by atoms with Crippen LogP contribution in [0.2, 0.25) is 0 Å². The van der Waals surface area contributed by atoms with Gasteiger partial charge in [0.2, 0.25) is 0 Å². The van der Waals surface area contributed by atoms with Gasteiger partial charge in [-0.1, -0.05) is 12.1 Å². The number of fused-ring (bicyclic) bond motifs is 1. The smallest absolute Gasteiger partial charge is 0.410 e. The Labute approximate surface area is 205 Å². The Morgan fingerprint density at radius 3 is 2.77 bits per heavy atom. The van der Waals surface area contributed by atoms with Crippen molar-refractivity contribution >= 4 is 28.8 Å². The number of aromatic nitrogens is 3. The zero-order valence-corrected chi connectivity index (χ0v) is 20.5. The topological polar surface area (TPSA) is 94.7 Å². The Morgan fingerprint density at radius 2 is 1.97 bits per heavy atom. The molecule has 2 saturated heterocycles. The third-order valence-corrected chi connectivity index (χ3v) is 6.51. The predicted octanol–water partition coefficient (Wildman–Crippen LogP) is 4.51. The van der Waals surface area contributed by atoms with Crippen LogP contribution >= 0.6 is 0 Å². The number of ether oxygens (including phenoxy) is 1. The van der Waals surface area contributed by atoms with Gasteiger partial charge in [-0.2, -0.15) is 5.10 Å². The first-order chi connectivity index (χ1) is 16.8. The maximum atomic E-state index is 13.3. The van der Waals surface area contributed by atoms with E-state index in [1.54, 1.807) is 11.1 Å².